The van der Waals surface area contributed by atoms with Crippen LogP contribution in [0.25, 0.3) is 21.5 Å². The Balaban J connectivity index is 0.00000197. The largest absolute Gasteiger partial charge is 0.0811 e. The van der Waals surface area contributed by atoms with Crippen LogP contribution in [0.4, 0.5) is 0 Å². The first-order valence-corrected chi connectivity index (χ1v) is 24.9. The van der Waals surface area contributed by atoms with Crippen LogP contribution in [-0.4, -0.2) is 0 Å². The minimum absolute atomic E-state index is 0.176. The molecule has 0 heterocycles. The molecule has 0 aliphatic heterocycles. The molecule has 3 aromatic carbocycles. The number of benzene rings is 3. The Morgan fingerprint density at radius 2 is 0.812 bits per heavy atom. The molecule has 0 spiro atoms. The lowest BCUT2D eigenvalue weighted by Gasteiger charge is -2.58. The van der Waals surface area contributed by atoms with Gasteiger partial charge in [-0.15, -0.1) is 0 Å². The van der Waals surface area contributed by atoms with Gasteiger partial charge in [-0.2, -0.15) is 0 Å². The average Bonchev–Trinajstić information content (AvgIpc) is 3.40. The third-order valence-corrected chi connectivity index (χ3v) is 19.1. The van der Waals surface area contributed by atoms with Crippen LogP contribution in [0.5, 0.6) is 0 Å². The maximum Gasteiger partial charge on any atom is 0 e. The molecule has 4 aliphatic carbocycles. The summed E-state index contributed by atoms with van der Waals surface area (Å²) in [6, 6.07) is 0. The van der Waals surface area contributed by atoms with Crippen molar-refractivity contribution < 1.29 is 0 Å². The summed E-state index contributed by atoms with van der Waals surface area (Å²) in [6.45, 7) is 48.4. The highest BCUT2D eigenvalue weighted by atomic mass is 128. The lowest BCUT2D eigenvalue weighted by atomic mass is 9.45. The van der Waals surface area contributed by atoms with Crippen molar-refractivity contribution in [1.82, 2.24) is 0 Å². The number of rotatable bonds is 2. The number of fused-ring (bicyclic) bond motifs is 11. The first-order chi connectivity index (χ1) is 21.9. The van der Waals surface area contributed by atoms with E-state index in [4.69, 9.17) is 0 Å². The van der Waals surface area contributed by atoms with Crippen LogP contribution in [0, 0.1) is 118 Å². The molecule has 262 valence electrons. The van der Waals surface area contributed by atoms with Gasteiger partial charge >= 0.3 is 0 Å². The minimum Gasteiger partial charge on any atom is -0.0811 e. The smallest absolute Gasteiger partial charge is 0 e. The van der Waals surface area contributed by atoms with E-state index in [0.29, 0.717) is 17.8 Å². The van der Waals surface area contributed by atoms with Gasteiger partial charge in [0, 0.05) is 37.2 Å². The van der Waals surface area contributed by atoms with Crippen LogP contribution >= 0.6 is 37.2 Å². The van der Waals surface area contributed by atoms with Crippen molar-refractivity contribution in [2.75, 3.05) is 0 Å². The summed E-state index contributed by atoms with van der Waals surface area (Å²) in [4.78, 5) is 0. The Hall–Kier alpha value is -0.620. The van der Waals surface area contributed by atoms with Gasteiger partial charge in [0.25, 0.3) is 0 Å². The van der Waals surface area contributed by atoms with Crippen molar-refractivity contribution in [3.63, 3.8) is 0 Å². The van der Waals surface area contributed by atoms with Crippen LogP contribution < -0.4 is 0 Å². The van der Waals surface area contributed by atoms with Gasteiger partial charge in [-0.3, -0.25) is 0 Å². The second-order valence-electron chi connectivity index (χ2n) is 19.7. The van der Waals surface area contributed by atoms with E-state index >= 15 is 0 Å². The fourth-order valence-electron chi connectivity index (χ4n) is 14.7. The van der Waals surface area contributed by atoms with E-state index in [1.54, 1.807) is 16.3 Å². The molecule has 4 aliphatic rings. The zero-order chi connectivity index (χ0) is 36.4. The molecule has 3 saturated carbocycles. The summed E-state index contributed by atoms with van der Waals surface area (Å²) in [6.07, 6.45) is 6.53. The van der Waals surface area contributed by atoms with Crippen molar-refractivity contribution in [2.24, 2.45) is 55.7 Å². The molecule has 0 saturated heterocycles. The van der Waals surface area contributed by atoms with Crippen LogP contribution in [0.1, 0.15) is 125 Å². The summed E-state index contributed by atoms with van der Waals surface area (Å²) in [5.74, 6) is 1.93. The van der Waals surface area contributed by atoms with Crippen LogP contribution in [-0.2, 0) is 6.42 Å². The van der Waals surface area contributed by atoms with Crippen molar-refractivity contribution in [3.8, 4) is 0 Å². The highest BCUT2D eigenvalue weighted by molar-refractivity contribution is 15.0. The van der Waals surface area contributed by atoms with E-state index in [-0.39, 0.29) is 37.9 Å². The number of allylic oxidation sites excluding steroid dienone is 2. The molecule has 7 rings (SSSR count). The first kappa shape index (κ1) is 37.1. The normalized spacial score (nSPS) is 36.2. The first-order valence-electron chi connectivity index (χ1n) is 18.6. The monoisotopic (exact) mass is 870 g/mol. The lowest BCUT2D eigenvalue weighted by molar-refractivity contribution is -0.0929. The molecular formula is C46H64I2. The SMILES string of the molecule is Cc1c(C)c(C)c2c(CC3C(C)(C)C4(C)C5C(C6(C)C=CC5(C)C6(C)C)C3(C)C4(C)C)c3c(C)c(C)c(C)c(C)c3c(C)c2c1C.II. The summed E-state index contributed by atoms with van der Waals surface area (Å²) >= 11 is 4.24. The third kappa shape index (κ3) is 3.52. The molecule has 4 bridgehead atoms. The molecule has 3 aromatic rings. The molecule has 0 amide bonds. The van der Waals surface area contributed by atoms with E-state index in [0.717, 1.165) is 6.42 Å². The summed E-state index contributed by atoms with van der Waals surface area (Å²) in [5.41, 5.74) is 16.5. The van der Waals surface area contributed by atoms with Gasteiger partial charge in [-0.05, 0) is 202 Å². The molecule has 3 fully saturated rings. The molecule has 7 unspecified atom stereocenters. The summed E-state index contributed by atoms with van der Waals surface area (Å²) in [5, 5.41) is 6.22. The second kappa shape index (κ2) is 10.5. The Kier molecular flexibility index (Phi) is 8.13. The molecule has 0 N–H and O–H groups in total. The predicted molar refractivity (Wildman–Crippen MR) is 229 cm³/mol. The van der Waals surface area contributed by atoms with Gasteiger partial charge in [0.1, 0.15) is 0 Å². The quantitative estimate of drug-likeness (QED) is 0.104. The molecule has 0 nitrogen and oxygen atoms in total. The third-order valence-electron chi connectivity index (χ3n) is 19.1. The van der Waals surface area contributed by atoms with Gasteiger partial charge in [0.05, 0.1) is 0 Å². The Morgan fingerprint density at radius 3 is 1.21 bits per heavy atom. The number of hydrogen-bond acceptors (Lipinski definition) is 0. The predicted octanol–water partition coefficient (Wildman–Crippen LogP) is 14.6. The van der Waals surface area contributed by atoms with Gasteiger partial charge < -0.3 is 0 Å². The fourth-order valence-corrected chi connectivity index (χ4v) is 14.7. The maximum atomic E-state index is 2.79. The minimum atomic E-state index is 0.176. The number of aryl methyl sites for hydroxylation is 5. The van der Waals surface area contributed by atoms with E-state index in [1.807, 2.05) is 0 Å². The zero-order valence-corrected chi connectivity index (χ0v) is 38.2. The second-order valence-corrected chi connectivity index (χ2v) is 19.7. The van der Waals surface area contributed by atoms with E-state index in [9.17, 15) is 0 Å². The highest BCUT2D eigenvalue weighted by Gasteiger charge is 2.90. The Bertz CT molecular complexity index is 1890. The van der Waals surface area contributed by atoms with Gasteiger partial charge in [0.2, 0.25) is 0 Å². The molecule has 7 atom stereocenters. The standard InChI is InChI=1S/C46H64.I2/c1-23-25(3)29(7)36-32(37-30(8)26(4)24(2)28(6)35(37)31(9)34(36)27(23)5)22-33-40(10,11)46(19)39-38(45(33,18)42(46,14)15)43(16)20-21-44(39,17)41(43,12)13;1-2/h20-21,33,38-39H,22H2,1-19H3;. The van der Waals surface area contributed by atoms with Gasteiger partial charge in [-0.1, -0.05) is 81.4 Å². The van der Waals surface area contributed by atoms with E-state index in [2.05, 4.69) is 181 Å². The van der Waals surface area contributed by atoms with E-state index in [1.165, 1.54) is 60.8 Å². The van der Waals surface area contributed by atoms with Gasteiger partial charge in [-0.25, -0.2) is 0 Å². The topological polar surface area (TPSA) is 0 Å². The molecule has 0 radical (unpaired) electrons. The van der Waals surface area contributed by atoms with Crippen molar-refractivity contribution in [1.29, 1.82) is 0 Å². The summed E-state index contributed by atoms with van der Waals surface area (Å²) < 4.78 is 0. The zero-order valence-electron chi connectivity index (χ0n) is 33.8. The average molecular weight is 871 g/mol. The molecular weight excluding hydrogens is 806 g/mol. The number of halogens is 2. The molecule has 48 heavy (non-hydrogen) atoms. The maximum absolute atomic E-state index is 2.79. The number of hydrogen-bond donors (Lipinski definition) is 0. The van der Waals surface area contributed by atoms with Crippen LogP contribution in [0.3, 0.4) is 0 Å². The Labute approximate surface area is 317 Å². The van der Waals surface area contributed by atoms with Gasteiger partial charge in [0.15, 0.2) is 0 Å². The lowest BCUT2D eigenvalue weighted by Crippen LogP contribution is -2.54. The van der Waals surface area contributed by atoms with Crippen molar-refractivity contribution in [2.45, 2.75) is 138 Å². The van der Waals surface area contributed by atoms with Crippen LogP contribution in [0.2, 0.25) is 0 Å². The molecule has 2 heteroatoms. The highest BCUT2D eigenvalue weighted by Crippen LogP contribution is 2.94. The Morgan fingerprint density at radius 1 is 0.458 bits per heavy atom. The van der Waals surface area contributed by atoms with Crippen molar-refractivity contribution >= 4 is 58.8 Å². The fraction of sp³-hybridized carbons (Fsp3) is 0.652. The molecule has 0 aromatic heterocycles. The van der Waals surface area contributed by atoms with Crippen LogP contribution in [0.15, 0.2) is 12.2 Å². The summed E-state index contributed by atoms with van der Waals surface area (Å²) in [7, 11) is 0. The van der Waals surface area contributed by atoms with E-state index < -0.39 is 0 Å². The van der Waals surface area contributed by atoms with Crippen molar-refractivity contribution in [3.05, 3.63) is 67.8 Å².